The number of benzene rings is 1. The Morgan fingerprint density at radius 1 is 1.47 bits per heavy atom. The SMILES string of the molecule is COc1cc(C=CCCl)ccc1OCC(N)=O. The van der Waals surface area contributed by atoms with Gasteiger partial charge in [-0.05, 0) is 17.7 Å². The molecule has 0 aliphatic heterocycles. The molecular formula is C12H14ClNO3. The van der Waals surface area contributed by atoms with Gasteiger partial charge in [0.1, 0.15) is 0 Å². The lowest BCUT2D eigenvalue weighted by molar-refractivity contribution is -0.119. The van der Waals surface area contributed by atoms with Crippen LogP contribution >= 0.6 is 11.6 Å². The first-order valence-electron chi connectivity index (χ1n) is 4.99. The maximum Gasteiger partial charge on any atom is 0.255 e. The smallest absolute Gasteiger partial charge is 0.255 e. The van der Waals surface area contributed by atoms with Crippen molar-refractivity contribution in [2.45, 2.75) is 0 Å². The van der Waals surface area contributed by atoms with Gasteiger partial charge in [0.15, 0.2) is 18.1 Å². The van der Waals surface area contributed by atoms with Gasteiger partial charge in [0, 0.05) is 5.88 Å². The van der Waals surface area contributed by atoms with E-state index in [4.69, 9.17) is 26.8 Å². The van der Waals surface area contributed by atoms with Gasteiger partial charge in [0.05, 0.1) is 7.11 Å². The molecule has 0 bridgehead atoms. The number of nitrogens with two attached hydrogens (primary N) is 1. The Morgan fingerprint density at radius 2 is 2.24 bits per heavy atom. The van der Waals surface area contributed by atoms with Crippen molar-refractivity contribution in [3.8, 4) is 11.5 Å². The van der Waals surface area contributed by atoms with Gasteiger partial charge in [-0.3, -0.25) is 4.79 Å². The van der Waals surface area contributed by atoms with Crippen LogP contribution in [0.25, 0.3) is 6.08 Å². The van der Waals surface area contributed by atoms with Gasteiger partial charge in [-0.2, -0.15) is 0 Å². The quantitative estimate of drug-likeness (QED) is 0.789. The van der Waals surface area contributed by atoms with Gasteiger partial charge in [-0.15, -0.1) is 11.6 Å². The average Bonchev–Trinajstić information content (AvgIpc) is 2.34. The summed E-state index contributed by atoms with van der Waals surface area (Å²) in [5.41, 5.74) is 5.94. The topological polar surface area (TPSA) is 61.6 Å². The molecule has 2 N–H and O–H groups in total. The van der Waals surface area contributed by atoms with Crippen LogP contribution in [-0.2, 0) is 4.79 Å². The molecule has 0 saturated carbocycles. The summed E-state index contributed by atoms with van der Waals surface area (Å²) in [7, 11) is 1.53. The molecule has 0 saturated heterocycles. The Hall–Kier alpha value is -1.68. The maximum atomic E-state index is 10.6. The van der Waals surface area contributed by atoms with Crippen molar-refractivity contribution in [2.75, 3.05) is 19.6 Å². The van der Waals surface area contributed by atoms with Gasteiger partial charge < -0.3 is 15.2 Å². The van der Waals surface area contributed by atoms with E-state index in [9.17, 15) is 4.79 Å². The molecule has 92 valence electrons. The fourth-order valence-corrected chi connectivity index (χ4v) is 1.33. The van der Waals surface area contributed by atoms with E-state index in [0.717, 1.165) is 5.56 Å². The van der Waals surface area contributed by atoms with E-state index in [1.807, 2.05) is 18.2 Å². The van der Waals surface area contributed by atoms with E-state index in [1.165, 1.54) is 7.11 Å². The Labute approximate surface area is 105 Å². The van der Waals surface area contributed by atoms with Crippen molar-refractivity contribution >= 4 is 23.6 Å². The summed E-state index contributed by atoms with van der Waals surface area (Å²) in [6.07, 6.45) is 3.69. The number of hydrogen-bond donors (Lipinski definition) is 1. The van der Waals surface area contributed by atoms with Crippen LogP contribution in [0, 0.1) is 0 Å². The Morgan fingerprint density at radius 3 is 2.82 bits per heavy atom. The number of amides is 1. The molecule has 17 heavy (non-hydrogen) atoms. The normalized spacial score (nSPS) is 10.5. The number of alkyl halides is 1. The number of primary amides is 1. The molecule has 1 aromatic rings. The van der Waals surface area contributed by atoms with Crippen LogP contribution in [-0.4, -0.2) is 25.5 Å². The van der Waals surface area contributed by atoms with Crippen molar-refractivity contribution in [2.24, 2.45) is 5.73 Å². The molecule has 1 amide bonds. The van der Waals surface area contributed by atoms with E-state index >= 15 is 0 Å². The van der Waals surface area contributed by atoms with Crippen LogP contribution in [0.15, 0.2) is 24.3 Å². The van der Waals surface area contributed by atoms with Crippen molar-refractivity contribution in [3.63, 3.8) is 0 Å². The zero-order valence-electron chi connectivity index (χ0n) is 9.48. The third kappa shape index (κ3) is 4.36. The minimum Gasteiger partial charge on any atom is -0.493 e. The molecule has 0 aliphatic rings. The van der Waals surface area contributed by atoms with Crippen LogP contribution in [0.2, 0.25) is 0 Å². The summed E-state index contributed by atoms with van der Waals surface area (Å²) in [6.45, 7) is -0.173. The minimum absolute atomic E-state index is 0.173. The fraction of sp³-hybridized carbons (Fsp3) is 0.250. The average molecular weight is 256 g/mol. The van der Waals surface area contributed by atoms with Crippen LogP contribution in [0.1, 0.15) is 5.56 Å². The van der Waals surface area contributed by atoms with E-state index in [1.54, 1.807) is 12.1 Å². The van der Waals surface area contributed by atoms with Gasteiger partial charge in [0.25, 0.3) is 5.91 Å². The van der Waals surface area contributed by atoms with E-state index in [-0.39, 0.29) is 6.61 Å². The predicted octanol–water partition coefficient (Wildman–Crippen LogP) is 1.81. The Balaban J connectivity index is 2.85. The van der Waals surface area contributed by atoms with E-state index in [0.29, 0.717) is 17.4 Å². The minimum atomic E-state index is -0.529. The third-order valence-electron chi connectivity index (χ3n) is 1.96. The number of ether oxygens (including phenoxy) is 2. The first kappa shape index (κ1) is 13.4. The first-order valence-corrected chi connectivity index (χ1v) is 5.52. The highest BCUT2D eigenvalue weighted by atomic mass is 35.5. The van der Waals surface area contributed by atoms with Gasteiger partial charge >= 0.3 is 0 Å². The van der Waals surface area contributed by atoms with Gasteiger partial charge in [-0.1, -0.05) is 18.2 Å². The number of allylic oxidation sites excluding steroid dienone is 1. The predicted molar refractivity (Wildman–Crippen MR) is 67.4 cm³/mol. The zero-order chi connectivity index (χ0) is 12.7. The largest absolute Gasteiger partial charge is 0.493 e. The Bertz CT molecular complexity index is 418. The number of hydrogen-bond acceptors (Lipinski definition) is 3. The molecule has 5 heteroatoms. The van der Waals surface area contributed by atoms with Gasteiger partial charge in [-0.25, -0.2) is 0 Å². The second-order valence-corrected chi connectivity index (χ2v) is 3.53. The number of carbonyl (C=O) groups excluding carboxylic acids is 1. The molecule has 1 aromatic carbocycles. The lowest BCUT2D eigenvalue weighted by atomic mass is 10.2. The van der Waals surface area contributed by atoms with Crippen LogP contribution in [0.5, 0.6) is 11.5 Å². The molecule has 0 aliphatic carbocycles. The summed E-state index contributed by atoms with van der Waals surface area (Å²) in [4.78, 5) is 10.6. The van der Waals surface area contributed by atoms with Crippen molar-refractivity contribution in [1.82, 2.24) is 0 Å². The van der Waals surface area contributed by atoms with Crippen molar-refractivity contribution < 1.29 is 14.3 Å². The molecule has 0 fully saturated rings. The van der Waals surface area contributed by atoms with Gasteiger partial charge in [0.2, 0.25) is 0 Å². The van der Waals surface area contributed by atoms with Crippen molar-refractivity contribution in [3.05, 3.63) is 29.8 Å². The highest BCUT2D eigenvalue weighted by molar-refractivity contribution is 6.19. The molecule has 0 spiro atoms. The summed E-state index contributed by atoms with van der Waals surface area (Å²) in [6, 6.07) is 5.34. The molecule has 0 radical (unpaired) electrons. The molecule has 0 unspecified atom stereocenters. The standard InChI is InChI=1S/C12H14ClNO3/c1-16-11-7-9(3-2-6-13)4-5-10(11)17-8-12(14)15/h2-5,7H,6,8H2,1H3,(H2,14,15). The van der Waals surface area contributed by atoms with Crippen LogP contribution in [0.4, 0.5) is 0 Å². The molecule has 0 atom stereocenters. The highest BCUT2D eigenvalue weighted by Gasteiger charge is 2.05. The van der Waals surface area contributed by atoms with Crippen LogP contribution in [0.3, 0.4) is 0 Å². The van der Waals surface area contributed by atoms with Crippen LogP contribution < -0.4 is 15.2 Å². The number of carbonyl (C=O) groups is 1. The summed E-state index contributed by atoms with van der Waals surface area (Å²) >= 11 is 5.55. The molecule has 4 nitrogen and oxygen atoms in total. The number of rotatable bonds is 6. The maximum absolute atomic E-state index is 10.6. The fourth-order valence-electron chi connectivity index (χ4n) is 1.24. The Kier molecular flexibility index (Phi) is 5.36. The molecular weight excluding hydrogens is 242 g/mol. The molecule has 0 heterocycles. The van der Waals surface area contributed by atoms with E-state index in [2.05, 4.69) is 0 Å². The first-order chi connectivity index (χ1) is 8.17. The second-order valence-electron chi connectivity index (χ2n) is 3.22. The van der Waals surface area contributed by atoms with E-state index < -0.39 is 5.91 Å². The summed E-state index contributed by atoms with van der Waals surface area (Å²) < 4.78 is 10.4. The highest BCUT2D eigenvalue weighted by Crippen LogP contribution is 2.28. The number of halogens is 1. The summed E-state index contributed by atoms with van der Waals surface area (Å²) in [5.74, 6) is 0.942. The molecule has 1 rings (SSSR count). The monoisotopic (exact) mass is 255 g/mol. The third-order valence-corrected chi connectivity index (χ3v) is 2.14. The number of methoxy groups -OCH3 is 1. The molecule has 0 aromatic heterocycles. The lowest BCUT2D eigenvalue weighted by Crippen LogP contribution is -2.20. The zero-order valence-corrected chi connectivity index (χ0v) is 10.2. The summed E-state index contributed by atoms with van der Waals surface area (Å²) in [5, 5.41) is 0. The van der Waals surface area contributed by atoms with Crippen molar-refractivity contribution in [1.29, 1.82) is 0 Å². The lowest BCUT2D eigenvalue weighted by Gasteiger charge is -2.09. The second kappa shape index (κ2) is 6.81.